The predicted molar refractivity (Wildman–Crippen MR) is 42.6 cm³/mol. The van der Waals surface area contributed by atoms with Gasteiger partial charge in [-0.25, -0.2) is 4.79 Å². The highest BCUT2D eigenvalue weighted by molar-refractivity contribution is 5.88. The molecule has 0 unspecified atom stereocenters. The Hall–Kier alpha value is -1.91. The highest BCUT2D eigenvalue weighted by atomic mass is 16.6. The first-order chi connectivity index (χ1) is 6.27. The summed E-state index contributed by atoms with van der Waals surface area (Å²) in [6.07, 6.45) is 0. The minimum Gasteiger partial charge on any atom is -0.478 e. The van der Waals surface area contributed by atoms with Crippen LogP contribution in [0.5, 0.6) is 5.75 Å². The van der Waals surface area contributed by atoms with Crippen molar-refractivity contribution in [2.24, 2.45) is 10.4 Å². The maximum atomic E-state index is 10.6. The summed E-state index contributed by atoms with van der Waals surface area (Å²) in [4.78, 5) is 15.4. The lowest BCUT2D eigenvalue weighted by molar-refractivity contribution is 0.0696. The van der Waals surface area contributed by atoms with Gasteiger partial charge in [0.2, 0.25) is 0 Å². The average molecular weight is 178 g/mol. The minimum absolute atomic E-state index is 0.236. The lowest BCUT2D eigenvalue weighted by Gasteiger charge is -2.08. The van der Waals surface area contributed by atoms with Gasteiger partial charge in [-0.3, -0.25) is 0 Å². The second-order valence-corrected chi connectivity index (χ2v) is 2.60. The Bertz CT molecular complexity index is 387. The molecule has 2 rings (SSSR count). The summed E-state index contributed by atoms with van der Waals surface area (Å²) >= 11 is 0. The number of nitrogens with zero attached hydrogens (tertiary/aromatic N) is 2. The molecule has 0 fully saturated rings. The molecule has 0 spiro atoms. The summed E-state index contributed by atoms with van der Waals surface area (Å²) in [6.45, 7) is 0.371. The molecule has 0 radical (unpaired) electrons. The molecular weight excluding hydrogens is 172 g/mol. The topological polar surface area (TPSA) is 71.2 Å². The third-order valence-corrected chi connectivity index (χ3v) is 1.75. The lowest BCUT2D eigenvalue weighted by Crippen LogP contribution is -2.01. The van der Waals surface area contributed by atoms with Crippen LogP contribution in [0.1, 0.15) is 15.9 Å². The predicted octanol–water partition coefficient (Wildman–Crippen LogP) is 1.64. The molecule has 0 atom stereocenters. The Labute approximate surface area is 73.6 Å². The van der Waals surface area contributed by atoms with Crippen molar-refractivity contribution in [1.29, 1.82) is 0 Å². The number of carbonyl (C=O) groups is 1. The van der Waals surface area contributed by atoms with Crippen molar-refractivity contribution >= 4 is 5.97 Å². The molecule has 1 aromatic carbocycles. The van der Waals surface area contributed by atoms with Crippen molar-refractivity contribution in [1.82, 2.24) is 0 Å². The van der Waals surface area contributed by atoms with Gasteiger partial charge in [-0.1, -0.05) is 0 Å². The zero-order chi connectivity index (χ0) is 9.26. The van der Waals surface area contributed by atoms with Crippen molar-refractivity contribution in [2.75, 3.05) is 0 Å². The monoisotopic (exact) mass is 178 g/mol. The minimum atomic E-state index is -0.953. The second kappa shape index (κ2) is 2.85. The fourth-order valence-corrected chi connectivity index (χ4v) is 1.10. The van der Waals surface area contributed by atoms with E-state index in [2.05, 4.69) is 10.4 Å². The van der Waals surface area contributed by atoms with Gasteiger partial charge in [0.1, 0.15) is 0 Å². The molecule has 1 aliphatic heterocycles. The van der Waals surface area contributed by atoms with Crippen LogP contribution in [0.15, 0.2) is 28.6 Å². The van der Waals surface area contributed by atoms with E-state index in [1.807, 2.05) is 0 Å². The molecule has 0 saturated carbocycles. The van der Waals surface area contributed by atoms with Crippen LogP contribution in [0, 0.1) is 0 Å². The van der Waals surface area contributed by atoms with Crippen LogP contribution in [-0.2, 0) is 6.54 Å². The van der Waals surface area contributed by atoms with Gasteiger partial charge in [0.15, 0.2) is 5.75 Å². The summed E-state index contributed by atoms with van der Waals surface area (Å²) in [5, 5.41) is 15.7. The Morgan fingerprint density at radius 1 is 1.54 bits per heavy atom. The van der Waals surface area contributed by atoms with E-state index < -0.39 is 5.97 Å². The van der Waals surface area contributed by atoms with E-state index >= 15 is 0 Å². The first kappa shape index (κ1) is 7.72. The van der Waals surface area contributed by atoms with Crippen LogP contribution < -0.4 is 4.84 Å². The molecule has 1 aliphatic rings. The van der Waals surface area contributed by atoms with Gasteiger partial charge in [0, 0.05) is 10.8 Å². The molecule has 1 aromatic rings. The first-order valence-corrected chi connectivity index (χ1v) is 3.67. The van der Waals surface area contributed by atoms with E-state index in [9.17, 15) is 4.79 Å². The number of benzene rings is 1. The molecule has 0 saturated heterocycles. The highest BCUT2D eigenvalue weighted by Gasteiger charge is 2.11. The van der Waals surface area contributed by atoms with Crippen molar-refractivity contribution in [3.63, 3.8) is 0 Å². The summed E-state index contributed by atoms with van der Waals surface area (Å²) in [5.74, 6) is -0.384. The Kier molecular flexibility index (Phi) is 1.70. The van der Waals surface area contributed by atoms with Crippen LogP contribution in [0.3, 0.4) is 0 Å². The fourth-order valence-electron chi connectivity index (χ4n) is 1.10. The molecule has 0 aliphatic carbocycles. The van der Waals surface area contributed by atoms with Crippen LogP contribution in [0.2, 0.25) is 0 Å². The zero-order valence-corrected chi connectivity index (χ0v) is 6.60. The second-order valence-electron chi connectivity index (χ2n) is 2.60. The number of hydrogen-bond donors (Lipinski definition) is 1. The third-order valence-electron chi connectivity index (χ3n) is 1.75. The van der Waals surface area contributed by atoms with Gasteiger partial charge in [0.05, 0.1) is 12.1 Å². The Balaban J connectivity index is 2.44. The molecule has 0 amide bonds. The molecule has 66 valence electrons. The van der Waals surface area contributed by atoms with Crippen molar-refractivity contribution < 1.29 is 14.7 Å². The van der Waals surface area contributed by atoms with Crippen LogP contribution in [0.25, 0.3) is 0 Å². The maximum Gasteiger partial charge on any atom is 0.335 e. The maximum absolute atomic E-state index is 10.6. The van der Waals surface area contributed by atoms with E-state index in [0.717, 1.165) is 5.56 Å². The van der Waals surface area contributed by atoms with Crippen LogP contribution in [0.4, 0.5) is 0 Å². The Morgan fingerprint density at radius 3 is 3.15 bits per heavy atom. The van der Waals surface area contributed by atoms with E-state index in [1.54, 1.807) is 6.07 Å². The van der Waals surface area contributed by atoms with Crippen molar-refractivity contribution in [3.8, 4) is 5.75 Å². The average Bonchev–Trinajstić information content (AvgIpc) is 2.17. The quantitative estimate of drug-likeness (QED) is 0.710. The third kappa shape index (κ3) is 1.35. The lowest BCUT2D eigenvalue weighted by atomic mass is 10.1. The molecular formula is C8H6N2O3. The molecule has 5 nitrogen and oxygen atoms in total. The number of carboxylic acids is 1. The molecule has 13 heavy (non-hydrogen) atoms. The SMILES string of the molecule is O=C(O)c1ccc2c(c1)CN=NO2. The molecule has 1 heterocycles. The fraction of sp³-hybridized carbons (Fsp3) is 0.125. The number of hydrogen-bond acceptors (Lipinski definition) is 4. The van der Waals surface area contributed by atoms with Gasteiger partial charge >= 0.3 is 5.97 Å². The smallest absolute Gasteiger partial charge is 0.335 e. The summed E-state index contributed by atoms with van der Waals surface area (Å²) in [5.41, 5.74) is 0.981. The van der Waals surface area contributed by atoms with E-state index in [1.165, 1.54) is 12.1 Å². The first-order valence-electron chi connectivity index (χ1n) is 3.67. The highest BCUT2D eigenvalue weighted by Crippen LogP contribution is 2.24. The summed E-state index contributed by atoms with van der Waals surface area (Å²) in [6, 6.07) is 4.59. The number of aromatic carboxylic acids is 1. The summed E-state index contributed by atoms with van der Waals surface area (Å²) < 4.78 is 0. The van der Waals surface area contributed by atoms with E-state index in [4.69, 9.17) is 9.94 Å². The van der Waals surface area contributed by atoms with Crippen LogP contribution in [-0.4, -0.2) is 11.1 Å². The normalized spacial score (nSPS) is 13.2. The summed E-state index contributed by atoms with van der Waals surface area (Å²) in [7, 11) is 0. The van der Waals surface area contributed by atoms with Crippen molar-refractivity contribution in [2.45, 2.75) is 6.54 Å². The number of fused-ring (bicyclic) bond motifs is 1. The van der Waals surface area contributed by atoms with E-state index in [0.29, 0.717) is 12.3 Å². The molecule has 1 N–H and O–H groups in total. The molecule has 0 bridgehead atoms. The van der Waals surface area contributed by atoms with Gasteiger partial charge in [-0.15, -0.1) is 5.11 Å². The van der Waals surface area contributed by atoms with Gasteiger partial charge in [0.25, 0.3) is 0 Å². The van der Waals surface area contributed by atoms with Crippen molar-refractivity contribution in [3.05, 3.63) is 29.3 Å². The van der Waals surface area contributed by atoms with Crippen LogP contribution >= 0.6 is 0 Å². The standard InChI is InChI=1S/C8H6N2O3/c11-8(12)5-1-2-7-6(3-5)4-9-10-13-7/h1-3H,4H2,(H,11,12). The zero-order valence-electron chi connectivity index (χ0n) is 6.60. The number of carboxylic acid groups (broad SMARTS) is 1. The molecule has 5 heteroatoms. The van der Waals surface area contributed by atoms with Gasteiger partial charge in [-0.2, -0.15) is 0 Å². The molecule has 0 aromatic heterocycles. The van der Waals surface area contributed by atoms with E-state index in [-0.39, 0.29) is 5.56 Å². The number of rotatable bonds is 1. The van der Waals surface area contributed by atoms with Gasteiger partial charge in [-0.05, 0) is 18.2 Å². The largest absolute Gasteiger partial charge is 0.478 e. The Morgan fingerprint density at radius 2 is 2.38 bits per heavy atom. The van der Waals surface area contributed by atoms with Gasteiger partial charge < -0.3 is 9.94 Å².